The van der Waals surface area contributed by atoms with Crippen molar-refractivity contribution >= 4 is 11.8 Å². The second kappa shape index (κ2) is 8.26. The standard InChI is InChI=1S/C20H34N2S/c1-2-3-4-5-9-18-11-10-17-8-6-7-13-20(17)14-12-19(23-16-21)15-22(18)20/h17-19H,2-15H2,1H3/t17?,18-,19+,20+/m1/s1. The van der Waals surface area contributed by atoms with Gasteiger partial charge in [-0.05, 0) is 62.6 Å². The van der Waals surface area contributed by atoms with Gasteiger partial charge in [-0.3, -0.25) is 4.90 Å². The number of hydrogen-bond acceptors (Lipinski definition) is 3. The minimum Gasteiger partial charge on any atom is -0.293 e. The van der Waals surface area contributed by atoms with Crippen molar-refractivity contribution in [3.63, 3.8) is 0 Å². The van der Waals surface area contributed by atoms with Crippen LogP contribution in [0.4, 0.5) is 0 Å². The highest BCUT2D eigenvalue weighted by molar-refractivity contribution is 8.04. The third-order valence-electron chi connectivity index (χ3n) is 6.94. The van der Waals surface area contributed by atoms with Crippen LogP contribution in [0.2, 0.25) is 0 Å². The normalized spacial score (nSPS) is 37.7. The SMILES string of the molecule is CCCCCC[C@@H]1CCC2CCCC[C@]23CC[C@H](SC#N)CN13. The molecular formula is C20H34N2S. The molecule has 1 unspecified atom stereocenters. The largest absolute Gasteiger partial charge is 0.293 e. The number of rotatable bonds is 6. The first-order chi connectivity index (χ1) is 11.3. The molecule has 0 N–H and O–H groups in total. The number of thiocyanates is 1. The molecule has 3 fully saturated rings. The van der Waals surface area contributed by atoms with E-state index in [4.69, 9.17) is 5.26 Å². The summed E-state index contributed by atoms with van der Waals surface area (Å²) in [5, 5.41) is 12.0. The van der Waals surface area contributed by atoms with E-state index in [1.54, 1.807) is 11.8 Å². The van der Waals surface area contributed by atoms with E-state index in [-0.39, 0.29) is 0 Å². The fourth-order valence-electron chi connectivity index (χ4n) is 5.80. The summed E-state index contributed by atoms with van der Waals surface area (Å²) < 4.78 is 0. The molecule has 1 spiro atoms. The molecule has 0 aromatic carbocycles. The van der Waals surface area contributed by atoms with E-state index in [9.17, 15) is 0 Å². The van der Waals surface area contributed by atoms with Crippen LogP contribution in [-0.4, -0.2) is 28.3 Å². The van der Waals surface area contributed by atoms with Crippen LogP contribution >= 0.6 is 11.8 Å². The van der Waals surface area contributed by atoms with Crippen LogP contribution in [0, 0.1) is 16.6 Å². The number of nitriles is 1. The first kappa shape index (κ1) is 17.6. The summed E-state index contributed by atoms with van der Waals surface area (Å²) in [5.41, 5.74) is 0.526. The van der Waals surface area contributed by atoms with Crippen molar-refractivity contribution in [1.29, 1.82) is 5.26 Å². The Hall–Kier alpha value is -0.200. The van der Waals surface area contributed by atoms with E-state index in [1.807, 2.05) is 0 Å². The van der Waals surface area contributed by atoms with Crippen LogP contribution in [0.25, 0.3) is 0 Å². The molecule has 3 rings (SSSR count). The Bertz CT molecular complexity index is 418. The zero-order valence-corrected chi connectivity index (χ0v) is 15.8. The van der Waals surface area contributed by atoms with Gasteiger partial charge in [0.05, 0.1) is 0 Å². The summed E-state index contributed by atoms with van der Waals surface area (Å²) in [4.78, 5) is 2.95. The molecule has 0 radical (unpaired) electrons. The quantitative estimate of drug-likeness (QED) is 0.458. The highest BCUT2D eigenvalue weighted by atomic mass is 32.2. The van der Waals surface area contributed by atoms with Crippen LogP contribution in [0.1, 0.15) is 90.4 Å². The van der Waals surface area contributed by atoms with Gasteiger partial charge in [-0.25, -0.2) is 0 Å². The zero-order valence-electron chi connectivity index (χ0n) is 14.9. The van der Waals surface area contributed by atoms with Gasteiger partial charge in [-0.15, -0.1) is 0 Å². The summed E-state index contributed by atoms with van der Waals surface area (Å²) in [6, 6.07) is 0.809. The topological polar surface area (TPSA) is 27.0 Å². The molecule has 2 heterocycles. The van der Waals surface area contributed by atoms with Crippen molar-refractivity contribution in [3.05, 3.63) is 0 Å². The minimum atomic E-state index is 0.526. The van der Waals surface area contributed by atoms with Gasteiger partial charge in [0.25, 0.3) is 0 Å². The smallest absolute Gasteiger partial charge is 0.133 e. The molecule has 3 aliphatic rings. The number of piperidine rings is 2. The van der Waals surface area contributed by atoms with Gasteiger partial charge in [0.2, 0.25) is 0 Å². The average Bonchev–Trinajstić information content (AvgIpc) is 2.58. The van der Waals surface area contributed by atoms with E-state index in [0.29, 0.717) is 10.8 Å². The van der Waals surface area contributed by atoms with E-state index in [1.165, 1.54) is 90.0 Å². The molecule has 130 valence electrons. The summed E-state index contributed by atoms with van der Waals surface area (Å²) >= 11 is 1.54. The van der Waals surface area contributed by atoms with Crippen LogP contribution in [0.3, 0.4) is 0 Å². The molecule has 0 aromatic heterocycles. The molecule has 0 amide bonds. The highest BCUT2D eigenvalue weighted by Gasteiger charge is 2.52. The van der Waals surface area contributed by atoms with Gasteiger partial charge in [-0.1, -0.05) is 45.4 Å². The van der Waals surface area contributed by atoms with Gasteiger partial charge in [0.15, 0.2) is 0 Å². The molecule has 1 aliphatic carbocycles. The number of thioether (sulfide) groups is 1. The molecule has 2 nitrogen and oxygen atoms in total. The Kier molecular flexibility index (Phi) is 6.32. The summed E-state index contributed by atoms with van der Waals surface area (Å²) in [7, 11) is 0. The molecule has 0 bridgehead atoms. The fourth-order valence-corrected chi connectivity index (χ4v) is 6.42. The molecule has 1 saturated carbocycles. The summed E-state index contributed by atoms with van der Waals surface area (Å²) in [6.45, 7) is 3.49. The number of hydrogen-bond donors (Lipinski definition) is 0. The van der Waals surface area contributed by atoms with Crippen LogP contribution in [0.15, 0.2) is 0 Å². The fraction of sp³-hybridized carbons (Fsp3) is 0.950. The summed E-state index contributed by atoms with van der Waals surface area (Å²) in [6.07, 6.45) is 18.3. The molecular weight excluding hydrogens is 300 g/mol. The van der Waals surface area contributed by atoms with E-state index in [2.05, 4.69) is 17.2 Å². The zero-order chi connectivity index (χ0) is 16.1. The van der Waals surface area contributed by atoms with Gasteiger partial charge in [-0.2, -0.15) is 5.26 Å². The maximum atomic E-state index is 9.11. The summed E-state index contributed by atoms with van der Waals surface area (Å²) in [5.74, 6) is 0.955. The Morgan fingerprint density at radius 2 is 2.00 bits per heavy atom. The van der Waals surface area contributed by atoms with Crippen molar-refractivity contribution in [3.8, 4) is 5.40 Å². The maximum absolute atomic E-state index is 9.11. The van der Waals surface area contributed by atoms with Crippen LogP contribution in [-0.2, 0) is 0 Å². The average molecular weight is 335 g/mol. The van der Waals surface area contributed by atoms with E-state index >= 15 is 0 Å². The molecule has 3 heteroatoms. The lowest BCUT2D eigenvalue weighted by atomic mass is 9.62. The Morgan fingerprint density at radius 3 is 2.83 bits per heavy atom. The van der Waals surface area contributed by atoms with Crippen molar-refractivity contribution in [2.24, 2.45) is 5.92 Å². The number of unbranched alkanes of at least 4 members (excludes halogenated alkanes) is 3. The molecule has 0 aromatic rings. The van der Waals surface area contributed by atoms with Crippen molar-refractivity contribution in [1.82, 2.24) is 4.90 Å². The second-order valence-electron chi connectivity index (χ2n) is 8.15. The third-order valence-corrected chi connectivity index (χ3v) is 7.77. The molecule has 23 heavy (non-hydrogen) atoms. The van der Waals surface area contributed by atoms with Gasteiger partial charge < -0.3 is 0 Å². The first-order valence-corrected chi connectivity index (χ1v) is 11.0. The van der Waals surface area contributed by atoms with Crippen LogP contribution in [0.5, 0.6) is 0 Å². The predicted molar refractivity (Wildman–Crippen MR) is 99.4 cm³/mol. The first-order valence-electron chi connectivity index (χ1n) is 10.1. The Labute approximate surface area is 147 Å². The Balaban J connectivity index is 1.70. The van der Waals surface area contributed by atoms with Gasteiger partial charge in [0, 0.05) is 23.4 Å². The predicted octanol–water partition coefficient (Wildman–Crippen LogP) is 5.73. The van der Waals surface area contributed by atoms with Gasteiger partial charge in [0.1, 0.15) is 5.40 Å². The maximum Gasteiger partial charge on any atom is 0.133 e. The lowest BCUT2D eigenvalue weighted by molar-refractivity contribution is -0.0926. The van der Waals surface area contributed by atoms with E-state index in [0.717, 1.165) is 12.0 Å². The van der Waals surface area contributed by atoms with Crippen LogP contribution < -0.4 is 0 Å². The lowest BCUT2D eigenvalue weighted by Crippen LogP contribution is -2.65. The lowest BCUT2D eigenvalue weighted by Gasteiger charge is -2.61. The molecule has 2 saturated heterocycles. The van der Waals surface area contributed by atoms with Crippen molar-refractivity contribution < 1.29 is 0 Å². The molecule has 2 aliphatic heterocycles. The molecule has 4 atom stereocenters. The second-order valence-corrected chi connectivity index (χ2v) is 9.23. The van der Waals surface area contributed by atoms with Crippen molar-refractivity contribution in [2.75, 3.05) is 6.54 Å². The highest BCUT2D eigenvalue weighted by Crippen LogP contribution is 2.52. The number of nitrogens with zero attached hydrogens (tertiary/aromatic N) is 2. The van der Waals surface area contributed by atoms with Gasteiger partial charge >= 0.3 is 0 Å². The van der Waals surface area contributed by atoms with Crippen molar-refractivity contribution in [2.45, 2.75) is 107 Å². The monoisotopic (exact) mass is 334 g/mol. The minimum absolute atomic E-state index is 0.526. The van der Waals surface area contributed by atoms with E-state index < -0.39 is 0 Å². The third kappa shape index (κ3) is 3.74. The Morgan fingerprint density at radius 1 is 1.09 bits per heavy atom.